The molecule has 0 saturated carbocycles. The third-order valence-electron chi connectivity index (χ3n) is 2.65. The molecule has 1 aromatic carbocycles. The maximum Gasteiger partial charge on any atom is 0.139 e. The van der Waals surface area contributed by atoms with Gasteiger partial charge < -0.3 is 4.98 Å². The van der Waals surface area contributed by atoms with Crippen LogP contribution in [0.15, 0.2) is 36.4 Å². The Morgan fingerprint density at radius 2 is 2.00 bits per heavy atom. The van der Waals surface area contributed by atoms with Crippen molar-refractivity contribution in [3.8, 4) is 11.4 Å². The van der Waals surface area contributed by atoms with Crippen molar-refractivity contribution >= 4 is 12.2 Å². The Morgan fingerprint density at radius 3 is 2.71 bits per heavy atom. The van der Waals surface area contributed by atoms with Crippen LogP contribution in [-0.4, -0.2) is 9.97 Å². The number of aromatic nitrogens is 2. The number of H-pyrrole nitrogens is 1. The minimum absolute atomic E-state index is 0.661. The minimum atomic E-state index is 0.661. The summed E-state index contributed by atoms with van der Waals surface area (Å²) in [5.74, 6) is 0.865. The van der Waals surface area contributed by atoms with Gasteiger partial charge in [0.2, 0.25) is 0 Å². The number of unbranched alkanes of at least 4 members (excludes halogenated alkanes) is 1. The van der Waals surface area contributed by atoms with Crippen LogP contribution in [0, 0.1) is 4.64 Å². The number of hydrogen-bond donors (Lipinski definition) is 1. The third kappa shape index (κ3) is 3.24. The maximum absolute atomic E-state index is 5.21. The van der Waals surface area contributed by atoms with E-state index in [2.05, 4.69) is 16.9 Å². The van der Waals surface area contributed by atoms with Crippen molar-refractivity contribution in [2.45, 2.75) is 26.2 Å². The summed E-state index contributed by atoms with van der Waals surface area (Å²) in [4.78, 5) is 7.73. The molecule has 0 amide bonds. The van der Waals surface area contributed by atoms with Gasteiger partial charge in [-0.2, -0.15) is 0 Å². The summed E-state index contributed by atoms with van der Waals surface area (Å²) in [6.07, 6.45) is 3.38. The normalized spacial score (nSPS) is 10.4. The number of nitrogens with one attached hydrogen (secondary N) is 1. The van der Waals surface area contributed by atoms with Crippen molar-refractivity contribution in [3.05, 3.63) is 46.7 Å². The first-order chi connectivity index (χ1) is 8.29. The number of hydrogen-bond acceptors (Lipinski definition) is 2. The average molecular weight is 244 g/mol. The fraction of sp³-hybridized carbons (Fsp3) is 0.286. The SMILES string of the molecule is CCCCc1cc(=S)nc(-c2ccccc2)[nH]1. The van der Waals surface area contributed by atoms with Crippen LogP contribution in [0.3, 0.4) is 0 Å². The second-order valence-electron chi connectivity index (χ2n) is 4.06. The molecule has 1 aromatic heterocycles. The van der Waals surface area contributed by atoms with Crippen molar-refractivity contribution in [1.82, 2.24) is 9.97 Å². The fourth-order valence-corrected chi connectivity index (χ4v) is 1.98. The van der Waals surface area contributed by atoms with Gasteiger partial charge in [0.25, 0.3) is 0 Å². The molecule has 0 fully saturated rings. The molecule has 17 heavy (non-hydrogen) atoms. The van der Waals surface area contributed by atoms with Crippen molar-refractivity contribution < 1.29 is 0 Å². The Morgan fingerprint density at radius 1 is 1.24 bits per heavy atom. The first kappa shape index (κ1) is 12.0. The molecule has 0 unspecified atom stereocenters. The molecule has 88 valence electrons. The van der Waals surface area contributed by atoms with Crippen LogP contribution in [0.2, 0.25) is 0 Å². The molecular formula is C14H16N2S. The number of nitrogens with zero attached hydrogens (tertiary/aromatic N) is 1. The molecular weight excluding hydrogens is 228 g/mol. The summed E-state index contributed by atoms with van der Waals surface area (Å²) in [6, 6.07) is 12.0. The number of rotatable bonds is 4. The highest BCUT2D eigenvalue weighted by atomic mass is 32.1. The monoisotopic (exact) mass is 244 g/mol. The van der Waals surface area contributed by atoms with Crippen LogP contribution < -0.4 is 0 Å². The van der Waals surface area contributed by atoms with E-state index in [4.69, 9.17) is 12.2 Å². The lowest BCUT2D eigenvalue weighted by Gasteiger charge is -2.05. The lowest BCUT2D eigenvalue weighted by molar-refractivity contribution is 0.774. The zero-order valence-corrected chi connectivity index (χ0v) is 10.8. The van der Waals surface area contributed by atoms with Gasteiger partial charge in [-0.15, -0.1) is 0 Å². The standard InChI is InChI=1S/C14H16N2S/c1-2-3-9-12-10-13(17)16-14(15-12)11-7-5-4-6-8-11/h4-8,10H,2-3,9H2,1H3,(H,15,16,17). The predicted octanol–water partition coefficient (Wildman–Crippen LogP) is 4.15. The zero-order valence-electron chi connectivity index (χ0n) is 9.94. The molecule has 0 saturated heterocycles. The highest BCUT2D eigenvalue weighted by molar-refractivity contribution is 7.71. The molecule has 3 heteroatoms. The first-order valence-corrected chi connectivity index (χ1v) is 6.36. The molecule has 2 nitrogen and oxygen atoms in total. The molecule has 0 aliphatic carbocycles. The van der Waals surface area contributed by atoms with Gasteiger partial charge in [-0.05, 0) is 18.9 Å². The fourth-order valence-electron chi connectivity index (χ4n) is 1.74. The quantitative estimate of drug-likeness (QED) is 0.818. The van der Waals surface area contributed by atoms with Crippen LogP contribution in [0.25, 0.3) is 11.4 Å². The molecule has 0 aliphatic rings. The summed E-state index contributed by atoms with van der Waals surface area (Å²) in [7, 11) is 0. The number of benzene rings is 1. The molecule has 0 spiro atoms. The van der Waals surface area contributed by atoms with E-state index in [0.717, 1.165) is 17.8 Å². The Balaban J connectivity index is 2.35. The third-order valence-corrected chi connectivity index (χ3v) is 2.85. The van der Waals surface area contributed by atoms with Crippen LogP contribution >= 0.6 is 12.2 Å². The molecule has 1 N–H and O–H groups in total. The first-order valence-electron chi connectivity index (χ1n) is 5.95. The van der Waals surface area contributed by atoms with Gasteiger partial charge in [-0.25, -0.2) is 4.98 Å². The Kier molecular flexibility index (Phi) is 4.04. The van der Waals surface area contributed by atoms with Gasteiger partial charge in [0.05, 0.1) is 0 Å². The summed E-state index contributed by atoms with van der Waals surface area (Å²) >= 11 is 5.21. The zero-order chi connectivity index (χ0) is 12.1. The van der Waals surface area contributed by atoms with E-state index in [0.29, 0.717) is 4.64 Å². The van der Waals surface area contributed by atoms with Crippen molar-refractivity contribution in [2.75, 3.05) is 0 Å². The maximum atomic E-state index is 5.21. The van der Waals surface area contributed by atoms with Crippen LogP contribution in [0.4, 0.5) is 0 Å². The Labute approximate surface area is 107 Å². The van der Waals surface area contributed by atoms with E-state index in [1.54, 1.807) is 0 Å². The average Bonchev–Trinajstić information content (AvgIpc) is 2.37. The summed E-state index contributed by atoms with van der Waals surface area (Å²) in [5, 5.41) is 0. The molecule has 2 rings (SSSR count). The van der Waals surface area contributed by atoms with Crippen LogP contribution in [0.5, 0.6) is 0 Å². The highest BCUT2D eigenvalue weighted by Crippen LogP contribution is 2.15. The lowest BCUT2D eigenvalue weighted by Crippen LogP contribution is -1.96. The molecule has 1 heterocycles. The van der Waals surface area contributed by atoms with Crippen LogP contribution in [0.1, 0.15) is 25.5 Å². The summed E-state index contributed by atoms with van der Waals surface area (Å²) in [5.41, 5.74) is 2.25. The predicted molar refractivity (Wildman–Crippen MR) is 73.5 cm³/mol. The van der Waals surface area contributed by atoms with E-state index >= 15 is 0 Å². The van der Waals surface area contributed by atoms with Crippen LogP contribution in [-0.2, 0) is 6.42 Å². The number of aryl methyl sites for hydroxylation is 1. The summed E-state index contributed by atoms with van der Waals surface area (Å²) < 4.78 is 0.661. The second kappa shape index (κ2) is 5.73. The molecule has 0 atom stereocenters. The van der Waals surface area contributed by atoms with Gasteiger partial charge in [-0.1, -0.05) is 55.9 Å². The topological polar surface area (TPSA) is 28.7 Å². The van der Waals surface area contributed by atoms with E-state index in [9.17, 15) is 0 Å². The highest BCUT2D eigenvalue weighted by Gasteiger charge is 2.01. The van der Waals surface area contributed by atoms with E-state index in [-0.39, 0.29) is 0 Å². The second-order valence-corrected chi connectivity index (χ2v) is 4.48. The van der Waals surface area contributed by atoms with Gasteiger partial charge in [0.15, 0.2) is 0 Å². The van der Waals surface area contributed by atoms with Crippen molar-refractivity contribution in [2.24, 2.45) is 0 Å². The van der Waals surface area contributed by atoms with Crippen molar-refractivity contribution in [1.29, 1.82) is 0 Å². The smallest absolute Gasteiger partial charge is 0.139 e. The minimum Gasteiger partial charge on any atom is -0.343 e. The van der Waals surface area contributed by atoms with Gasteiger partial charge in [0.1, 0.15) is 10.5 Å². The Bertz CT molecular complexity index is 531. The molecule has 0 aliphatic heterocycles. The summed E-state index contributed by atoms with van der Waals surface area (Å²) in [6.45, 7) is 2.19. The number of aromatic amines is 1. The van der Waals surface area contributed by atoms with E-state index in [1.807, 2.05) is 36.4 Å². The molecule has 2 aromatic rings. The van der Waals surface area contributed by atoms with E-state index < -0.39 is 0 Å². The van der Waals surface area contributed by atoms with Gasteiger partial charge in [-0.3, -0.25) is 0 Å². The van der Waals surface area contributed by atoms with Gasteiger partial charge in [0, 0.05) is 11.3 Å². The van der Waals surface area contributed by atoms with E-state index in [1.165, 1.54) is 18.5 Å². The largest absolute Gasteiger partial charge is 0.343 e. The molecule has 0 radical (unpaired) electrons. The molecule has 0 bridgehead atoms. The van der Waals surface area contributed by atoms with Gasteiger partial charge >= 0.3 is 0 Å². The van der Waals surface area contributed by atoms with Crippen molar-refractivity contribution in [3.63, 3.8) is 0 Å². The Hall–Kier alpha value is -1.48. The lowest BCUT2D eigenvalue weighted by atomic mass is 10.2.